The van der Waals surface area contributed by atoms with E-state index in [-0.39, 0.29) is 10.5 Å². The first-order valence-electron chi connectivity index (χ1n) is 3.57. The summed E-state index contributed by atoms with van der Waals surface area (Å²) in [5, 5.41) is -0.713. The molecular formula is C8H6Cl2O3S. The lowest BCUT2D eigenvalue weighted by Gasteiger charge is -2.01. The highest BCUT2D eigenvalue weighted by Gasteiger charge is 2.13. The second kappa shape index (κ2) is 3.88. The van der Waals surface area contributed by atoms with Gasteiger partial charge in [0.1, 0.15) is 0 Å². The zero-order valence-corrected chi connectivity index (χ0v) is 9.45. The Labute approximate surface area is 91.1 Å². The number of hydrogen-bond donors (Lipinski definition) is 0. The van der Waals surface area contributed by atoms with E-state index in [0.717, 1.165) is 6.07 Å². The van der Waals surface area contributed by atoms with Gasteiger partial charge in [0.25, 0.3) is 14.3 Å². The first-order valence-corrected chi connectivity index (χ1v) is 6.25. The predicted octanol–water partition coefficient (Wildman–Crippen LogP) is 2.30. The van der Waals surface area contributed by atoms with Gasteiger partial charge >= 0.3 is 0 Å². The van der Waals surface area contributed by atoms with Gasteiger partial charge in [0, 0.05) is 16.2 Å². The molecule has 0 heterocycles. The maximum Gasteiger partial charge on any atom is 0.261 e. The SMILES string of the molecule is Cc1cc(C(=O)Cl)cc(S(=O)(=O)Cl)c1. The molecule has 1 rings (SSSR count). The Morgan fingerprint density at radius 2 is 1.86 bits per heavy atom. The van der Waals surface area contributed by atoms with Crippen LogP contribution in [0.1, 0.15) is 15.9 Å². The summed E-state index contributed by atoms with van der Waals surface area (Å²) in [7, 11) is 1.31. The van der Waals surface area contributed by atoms with Crippen LogP contribution in [-0.4, -0.2) is 13.7 Å². The Bertz CT molecular complexity index is 479. The molecule has 0 aliphatic heterocycles. The van der Waals surface area contributed by atoms with Crippen molar-refractivity contribution in [1.82, 2.24) is 0 Å². The molecule has 0 aliphatic rings. The van der Waals surface area contributed by atoms with E-state index < -0.39 is 14.3 Å². The zero-order chi connectivity index (χ0) is 10.9. The van der Waals surface area contributed by atoms with Gasteiger partial charge in [0.15, 0.2) is 0 Å². The zero-order valence-electron chi connectivity index (χ0n) is 7.12. The van der Waals surface area contributed by atoms with Crippen LogP contribution in [-0.2, 0) is 9.05 Å². The highest BCUT2D eigenvalue weighted by atomic mass is 35.7. The molecule has 6 heteroatoms. The van der Waals surface area contributed by atoms with E-state index >= 15 is 0 Å². The van der Waals surface area contributed by atoms with Crippen molar-refractivity contribution in [3.05, 3.63) is 29.3 Å². The van der Waals surface area contributed by atoms with E-state index in [9.17, 15) is 13.2 Å². The summed E-state index contributed by atoms with van der Waals surface area (Å²) in [6.45, 7) is 1.65. The summed E-state index contributed by atoms with van der Waals surface area (Å²) in [6, 6.07) is 4.00. The number of carbonyl (C=O) groups is 1. The molecule has 0 saturated heterocycles. The molecule has 0 spiro atoms. The van der Waals surface area contributed by atoms with E-state index in [1.54, 1.807) is 6.92 Å². The van der Waals surface area contributed by atoms with E-state index in [1.165, 1.54) is 12.1 Å². The van der Waals surface area contributed by atoms with Gasteiger partial charge in [-0.15, -0.1) is 0 Å². The van der Waals surface area contributed by atoms with Crippen molar-refractivity contribution >= 4 is 36.6 Å². The number of carbonyl (C=O) groups excluding carboxylic acids is 1. The number of halogens is 2. The molecule has 0 aromatic heterocycles. The highest BCUT2D eigenvalue weighted by Crippen LogP contribution is 2.19. The van der Waals surface area contributed by atoms with E-state index in [4.69, 9.17) is 22.3 Å². The lowest BCUT2D eigenvalue weighted by atomic mass is 10.1. The van der Waals surface area contributed by atoms with Crippen LogP contribution in [0.2, 0.25) is 0 Å². The van der Waals surface area contributed by atoms with E-state index in [2.05, 4.69) is 0 Å². The first kappa shape index (κ1) is 11.5. The van der Waals surface area contributed by atoms with Crippen LogP contribution < -0.4 is 0 Å². The molecule has 1 aromatic carbocycles. The molecule has 0 amide bonds. The lowest BCUT2D eigenvalue weighted by molar-refractivity contribution is 0.108. The normalized spacial score (nSPS) is 11.4. The fourth-order valence-electron chi connectivity index (χ4n) is 1.00. The fraction of sp³-hybridized carbons (Fsp3) is 0.125. The van der Waals surface area contributed by atoms with Crippen molar-refractivity contribution in [3.8, 4) is 0 Å². The van der Waals surface area contributed by atoms with Crippen LogP contribution in [0.25, 0.3) is 0 Å². The van der Waals surface area contributed by atoms with Gasteiger partial charge in [-0.2, -0.15) is 0 Å². The third kappa shape index (κ3) is 2.70. The minimum absolute atomic E-state index is 0.117. The van der Waals surface area contributed by atoms with Gasteiger partial charge in [-0.3, -0.25) is 4.79 Å². The third-order valence-electron chi connectivity index (χ3n) is 1.56. The van der Waals surface area contributed by atoms with Crippen LogP contribution in [0.5, 0.6) is 0 Å². The van der Waals surface area contributed by atoms with Crippen molar-refractivity contribution < 1.29 is 13.2 Å². The van der Waals surface area contributed by atoms with Crippen LogP contribution >= 0.6 is 22.3 Å². The standard InChI is InChI=1S/C8H6Cl2O3S/c1-5-2-6(8(9)11)4-7(3-5)14(10,12)13/h2-4H,1H3. The molecule has 0 saturated carbocycles. The summed E-state index contributed by atoms with van der Waals surface area (Å²) in [4.78, 5) is 10.7. The molecule has 1 aromatic rings. The minimum Gasteiger partial charge on any atom is -0.276 e. The van der Waals surface area contributed by atoms with Crippen LogP contribution in [0.3, 0.4) is 0 Å². The van der Waals surface area contributed by atoms with Crippen LogP contribution in [0.15, 0.2) is 23.1 Å². The van der Waals surface area contributed by atoms with Crippen molar-refractivity contribution in [3.63, 3.8) is 0 Å². The molecule has 0 unspecified atom stereocenters. The fourth-order valence-corrected chi connectivity index (χ4v) is 1.97. The molecule has 0 aliphatic carbocycles. The Morgan fingerprint density at radius 3 is 2.29 bits per heavy atom. The lowest BCUT2D eigenvalue weighted by Crippen LogP contribution is -1.96. The Kier molecular flexibility index (Phi) is 3.19. The molecule has 0 atom stereocenters. The average molecular weight is 253 g/mol. The quantitative estimate of drug-likeness (QED) is 0.760. The monoisotopic (exact) mass is 252 g/mol. The van der Waals surface area contributed by atoms with Gasteiger partial charge in [-0.25, -0.2) is 8.42 Å². The van der Waals surface area contributed by atoms with E-state index in [0.29, 0.717) is 5.56 Å². The summed E-state index contributed by atoms with van der Waals surface area (Å²) in [6.07, 6.45) is 0. The maximum absolute atomic E-state index is 11.0. The van der Waals surface area contributed by atoms with Crippen molar-refractivity contribution in [2.75, 3.05) is 0 Å². The van der Waals surface area contributed by atoms with Crippen LogP contribution in [0, 0.1) is 6.92 Å². The summed E-state index contributed by atoms with van der Waals surface area (Å²) in [5.74, 6) is 0. The molecular weight excluding hydrogens is 247 g/mol. The Hall–Kier alpha value is -0.580. The smallest absolute Gasteiger partial charge is 0.261 e. The second-order valence-corrected chi connectivity index (χ2v) is 5.66. The first-order chi connectivity index (χ1) is 6.30. The van der Waals surface area contributed by atoms with Crippen LogP contribution in [0.4, 0.5) is 0 Å². The van der Waals surface area contributed by atoms with Gasteiger partial charge in [0.05, 0.1) is 4.90 Å². The summed E-state index contributed by atoms with van der Waals surface area (Å²) in [5.41, 5.74) is 0.724. The van der Waals surface area contributed by atoms with Crippen molar-refractivity contribution in [2.45, 2.75) is 11.8 Å². The molecule has 0 bridgehead atoms. The molecule has 0 N–H and O–H groups in total. The molecule has 0 radical (unpaired) electrons. The summed E-state index contributed by atoms with van der Waals surface area (Å²) >= 11 is 5.22. The maximum atomic E-state index is 11.0. The van der Waals surface area contributed by atoms with Gasteiger partial charge in [0.2, 0.25) is 0 Å². The number of hydrogen-bond acceptors (Lipinski definition) is 3. The largest absolute Gasteiger partial charge is 0.276 e. The average Bonchev–Trinajstić information content (AvgIpc) is 2.01. The van der Waals surface area contributed by atoms with Gasteiger partial charge in [-0.1, -0.05) is 0 Å². The number of aryl methyl sites for hydroxylation is 1. The topological polar surface area (TPSA) is 51.2 Å². The predicted molar refractivity (Wildman–Crippen MR) is 54.4 cm³/mol. The van der Waals surface area contributed by atoms with E-state index in [1.807, 2.05) is 0 Å². The number of benzene rings is 1. The summed E-state index contributed by atoms with van der Waals surface area (Å²) < 4.78 is 21.9. The highest BCUT2D eigenvalue weighted by molar-refractivity contribution is 8.13. The molecule has 76 valence electrons. The molecule has 3 nitrogen and oxygen atoms in total. The van der Waals surface area contributed by atoms with Crippen molar-refractivity contribution in [1.29, 1.82) is 0 Å². The van der Waals surface area contributed by atoms with Crippen molar-refractivity contribution in [2.24, 2.45) is 0 Å². The van der Waals surface area contributed by atoms with Gasteiger partial charge in [-0.05, 0) is 42.3 Å². The molecule has 0 fully saturated rings. The third-order valence-corrected chi connectivity index (χ3v) is 3.11. The minimum atomic E-state index is -3.82. The second-order valence-electron chi connectivity index (χ2n) is 2.75. The Morgan fingerprint density at radius 1 is 1.29 bits per heavy atom. The molecule has 14 heavy (non-hydrogen) atoms. The van der Waals surface area contributed by atoms with Gasteiger partial charge < -0.3 is 0 Å². The Balaban J connectivity index is 3.43. The number of rotatable bonds is 2.